The van der Waals surface area contributed by atoms with Crippen LogP contribution in [0, 0.1) is 6.92 Å². The van der Waals surface area contributed by atoms with Crippen LogP contribution in [0.5, 0.6) is 0 Å². The number of hydrogen-bond acceptors (Lipinski definition) is 4. The Hall–Kier alpha value is -1.38. The van der Waals surface area contributed by atoms with E-state index in [1.165, 1.54) is 0 Å². The number of nitrogens with two attached hydrogens (primary N) is 1. The summed E-state index contributed by atoms with van der Waals surface area (Å²) in [6.07, 6.45) is 3.13. The van der Waals surface area contributed by atoms with Gasteiger partial charge in [-0.25, -0.2) is 13.4 Å². The van der Waals surface area contributed by atoms with Gasteiger partial charge in [0, 0.05) is 35.6 Å². The number of rotatable bonds is 5. The first-order valence-electron chi connectivity index (χ1n) is 6.41. The molecule has 2 aromatic heterocycles. The van der Waals surface area contributed by atoms with Crippen LogP contribution in [0.25, 0.3) is 0 Å². The van der Waals surface area contributed by atoms with E-state index in [1.54, 1.807) is 31.5 Å². The zero-order chi connectivity index (χ0) is 15.6. The molecule has 2 heterocycles. The summed E-state index contributed by atoms with van der Waals surface area (Å²) in [6, 6.07) is 3.38. The number of hydrogen-bond donors (Lipinski definition) is 2. The van der Waals surface area contributed by atoms with Gasteiger partial charge in [0.1, 0.15) is 10.7 Å². The largest absolute Gasteiger partial charge is 0.349 e. The van der Waals surface area contributed by atoms with Crippen molar-refractivity contribution in [2.45, 2.75) is 31.8 Å². The van der Waals surface area contributed by atoms with E-state index in [9.17, 15) is 8.42 Å². The number of aromatic nitrogens is 2. The maximum atomic E-state index is 12.4. The van der Waals surface area contributed by atoms with Gasteiger partial charge in [0.15, 0.2) is 0 Å². The minimum Gasteiger partial charge on any atom is -0.349 e. The van der Waals surface area contributed by atoms with Crippen molar-refractivity contribution in [1.29, 1.82) is 0 Å². The van der Waals surface area contributed by atoms with E-state index in [4.69, 9.17) is 5.73 Å². The summed E-state index contributed by atoms with van der Waals surface area (Å²) in [5.74, 6) is 0.316. The third kappa shape index (κ3) is 3.45. The van der Waals surface area contributed by atoms with E-state index in [2.05, 4.69) is 25.6 Å². The first kappa shape index (κ1) is 16.0. The number of sulfonamides is 1. The van der Waals surface area contributed by atoms with Crippen LogP contribution in [0.1, 0.15) is 18.2 Å². The Kier molecular flexibility index (Phi) is 4.70. The third-order valence-electron chi connectivity index (χ3n) is 3.10. The molecular formula is C13H17BrN4O2S. The summed E-state index contributed by atoms with van der Waals surface area (Å²) in [6.45, 7) is 4.68. The fraction of sp³-hybridized carbons (Fsp3) is 0.308. The predicted octanol–water partition coefficient (Wildman–Crippen LogP) is 2.23. The van der Waals surface area contributed by atoms with Gasteiger partial charge < -0.3 is 10.3 Å². The van der Waals surface area contributed by atoms with E-state index in [0.29, 0.717) is 18.9 Å². The van der Waals surface area contributed by atoms with Gasteiger partial charge in [0.05, 0.1) is 0 Å². The van der Waals surface area contributed by atoms with Crippen LogP contribution in [0.2, 0.25) is 0 Å². The molecule has 0 aliphatic heterocycles. The second kappa shape index (κ2) is 6.17. The molecule has 0 aliphatic rings. The fourth-order valence-corrected chi connectivity index (χ4v) is 3.56. The molecule has 3 N–H and O–H groups in total. The van der Waals surface area contributed by atoms with Gasteiger partial charge in [-0.3, -0.25) is 4.72 Å². The molecule has 0 aliphatic carbocycles. The molecule has 0 spiro atoms. The highest BCUT2D eigenvalue weighted by Crippen LogP contribution is 2.21. The van der Waals surface area contributed by atoms with E-state index in [-0.39, 0.29) is 4.90 Å². The van der Waals surface area contributed by atoms with Crippen molar-refractivity contribution in [1.82, 2.24) is 9.55 Å². The minimum absolute atomic E-state index is 0.189. The maximum Gasteiger partial charge on any atom is 0.264 e. The van der Waals surface area contributed by atoms with Crippen molar-refractivity contribution >= 4 is 31.8 Å². The molecule has 0 aromatic carbocycles. The molecule has 114 valence electrons. The summed E-state index contributed by atoms with van der Waals surface area (Å²) in [4.78, 5) is 4.28. The first-order valence-corrected chi connectivity index (χ1v) is 8.69. The molecule has 0 saturated carbocycles. The Balaban J connectivity index is 2.36. The lowest BCUT2D eigenvalue weighted by Gasteiger charge is -2.08. The summed E-state index contributed by atoms with van der Waals surface area (Å²) in [5.41, 5.74) is 7.14. The number of nitrogens with zero attached hydrogens (tertiary/aromatic N) is 2. The normalized spacial score (nSPS) is 11.6. The van der Waals surface area contributed by atoms with Gasteiger partial charge in [-0.1, -0.05) is 0 Å². The highest BCUT2D eigenvalue weighted by Gasteiger charge is 2.19. The summed E-state index contributed by atoms with van der Waals surface area (Å²) in [7, 11) is -3.67. The van der Waals surface area contributed by atoms with Crippen LogP contribution in [-0.2, 0) is 23.1 Å². The monoisotopic (exact) mass is 372 g/mol. The van der Waals surface area contributed by atoms with Gasteiger partial charge in [0.2, 0.25) is 0 Å². The lowest BCUT2D eigenvalue weighted by Crippen LogP contribution is -2.14. The molecule has 0 atom stereocenters. The highest BCUT2D eigenvalue weighted by molar-refractivity contribution is 9.10. The summed E-state index contributed by atoms with van der Waals surface area (Å²) in [5, 5.41) is 0. The van der Waals surface area contributed by atoms with Crippen molar-refractivity contribution in [3.63, 3.8) is 0 Å². The van der Waals surface area contributed by atoms with Gasteiger partial charge in [-0.2, -0.15) is 0 Å². The molecule has 0 fully saturated rings. The average molecular weight is 373 g/mol. The topological polar surface area (TPSA) is 90.0 Å². The number of halogens is 1. The molecule has 0 saturated heterocycles. The molecule has 21 heavy (non-hydrogen) atoms. The smallest absolute Gasteiger partial charge is 0.264 e. The Morgan fingerprint density at radius 3 is 2.67 bits per heavy atom. The zero-order valence-corrected chi connectivity index (χ0v) is 14.2. The molecule has 0 amide bonds. The number of anilines is 1. The Labute approximate surface area is 132 Å². The van der Waals surface area contributed by atoms with Crippen molar-refractivity contribution < 1.29 is 8.42 Å². The van der Waals surface area contributed by atoms with Crippen molar-refractivity contribution in [3.05, 3.63) is 40.3 Å². The molecule has 6 nitrogen and oxygen atoms in total. The van der Waals surface area contributed by atoms with E-state index in [0.717, 1.165) is 15.7 Å². The van der Waals surface area contributed by atoms with E-state index >= 15 is 0 Å². The molecule has 2 aromatic rings. The highest BCUT2D eigenvalue weighted by atomic mass is 79.9. The second-order valence-corrected chi connectivity index (χ2v) is 7.18. The first-order chi connectivity index (χ1) is 9.87. The molecular weight excluding hydrogens is 356 g/mol. The summed E-state index contributed by atoms with van der Waals surface area (Å²) < 4.78 is 30.0. The van der Waals surface area contributed by atoms with Crippen LogP contribution in [0.15, 0.2) is 33.9 Å². The predicted molar refractivity (Wildman–Crippen MR) is 85.5 cm³/mol. The van der Waals surface area contributed by atoms with Crippen molar-refractivity contribution in [2.24, 2.45) is 5.73 Å². The standard InChI is InChI=1S/C13H17BrN4O2S/c1-3-18-8-12(5-11(18)6-15)21(19,20)17-13-9(2)4-10(14)7-16-13/h4-5,7-8H,3,6,15H2,1-2H3,(H,16,17). The van der Waals surface area contributed by atoms with E-state index in [1.807, 2.05) is 11.5 Å². The van der Waals surface area contributed by atoms with E-state index < -0.39 is 10.0 Å². The number of pyridine rings is 1. The van der Waals surface area contributed by atoms with Gasteiger partial charge in [-0.05, 0) is 47.5 Å². The Morgan fingerprint density at radius 2 is 2.14 bits per heavy atom. The Bertz CT molecular complexity index is 734. The van der Waals surface area contributed by atoms with Crippen molar-refractivity contribution in [2.75, 3.05) is 4.72 Å². The molecule has 0 unspecified atom stereocenters. The van der Waals surface area contributed by atoms with Gasteiger partial charge in [-0.15, -0.1) is 0 Å². The lowest BCUT2D eigenvalue weighted by atomic mass is 10.3. The van der Waals surface area contributed by atoms with Gasteiger partial charge in [0.25, 0.3) is 10.0 Å². The molecule has 8 heteroatoms. The molecule has 0 bridgehead atoms. The average Bonchev–Trinajstić information content (AvgIpc) is 2.86. The molecule has 0 radical (unpaired) electrons. The second-order valence-electron chi connectivity index (χ2n) is 4.58. The van der Waals surface area contributed by atoms with Crippen LogP contribution >= 0.6 is 15.9 Å². The zero-order valence-electron chi connectivity index (χ0n) is 11.8. The van der Waals surface area contributed by atoms with Crippen LogP contribution < -0.4 is 10.5 Å². The Morgan fingerprint density at radius 1 is 1.43 bits per heavy atom. The third-order valence-corrected chi connectivity index (χ3v) is 4.84. The SMILES string of the molecule is CCn1cc(S(=O)(=O)Nc2ncc(Br)cc2C)cc1CN. The lowest BCUT2D eigenvalue weighted by molar-refractivity contribution is 0.600. The van der Waals surface area contributed by atoms with Gasteiger partial charge >= 0.3 is 0 Å². The van der Waals surface area contributed by atoms with Crippen LogP contribution in [0.4, 0.5) is 5.82 Å². The van der Waals surface area contributed by atoms with Crippen LogP contribution in [-0.4, -0.2) is 18.0 Å². The number of nitrogens with one attached hydrogen (secondary N) is 1. The summed E-state index contributed by atoms with van der Waals surface area (Å²) >= 11 is 3.30. The quantitative estimate of drug-likeness (QED) is 0.841. The fourth-order valence-electron chi connectivity index (χ4n) is 1.97. The van der Waals surface area contributed by atoms with Crippen molar-refractivity contribution in [3.8, 4) is 0 Å². The number of aryl methyl sites for hydroxylation is 2. The molecule has 2 rings (SSSR count). The van der Waals surface area contributed by atoms with Crippen LogP contribution in [0.3, 0.4) is 0 Å². The maximum absolute atomic E-state index is 12.4. The minimum atomic E-state index is -3.67.